The fraction of sp³-hybridized carbons (Fsp3) is 0.368. The molecule has 2 aromatic rings. The van der Waals surface area contributed by atoms with Crippen LogP contribution in [0.15, 0.2) is 34.3 Å². The Hall–Kier alpha value is -1.90. The van der Waals surface area contributed by atoms with Crippen molar-refractivity contribution in [1.82, 2.24) is 9.97 Å². The van der Waals surface area contributed by atoms with Crippen LogP contribution in [0.1, 0.15) is 50.6 Å². The Kier molecular flexibility index (Phi) is 6.67. The van der Waals surface area contributed by atoms with E-state index in [0.29, 0.717) is 32.6 Å². The van der Waals surface area contributed by atoms with Crippen molar-refractivity contribution in [1.29, 1.82) is 0 Å². The van der Waals surface area contributed by atoms with Gasteiger partial charge in [-0.3, -0.25) is 9.55 Å². The first kappa shape index (κ1) is 21.4. The number of allylic oxidation sites excluding steroid dienone is 3. The zero-order chi connectivity index (χ0) is 20.4. The van der Waals surface area contributed by atoms with E-state index in [1.54, 1.807) is 19.9 Å². The molecular weight excluding hydrogens is 382 g/mol. The molecule has 0 saturated heterocycles. The highest BCUT2D eigenvalue weighted by molar-refractivity contribution is 8.70. The average molecular weight is 408 g/mol. The molecule has 0 aliphatic rings. The molecule has 0 aliphatic carbocycles. The van der Waals surface area contributed by atoms with Crippen molar-refractivity contribution in [3.63, 3.8) is 0 Å². The van der Waals surface area contributed by atoms with Crippen LogP contribution < -0.4 is 0 Å². The average Bonchev–Trinajstić information content (AvgIpc) is 2.95. The van der Waals surface area contributed by atoms with Crippen molar-refractivity contribution >= 4 is 42.3 Å². The fourth-order valence-electron chi connectivity index (χ4n) is 3.00. The van der Waals surface area contributed by atoms with Crippen LogP contribution >= 0.6 is 10.8 Å². The van der Waals surface area contributed by atoms with E-state index in [4.69, 9.17) is 0 Å². The van der Waals surface area contributed by atoms with E-state index < -0.39 is 9.15 Å². The molecule has 0 unspecified atom stereocenters. The molecule has 0 bridgehead atoms. The van der Waals surface area contributed by atoms with Crippen LogP contribution in [0.3, 0.4) is 0 Å². The minimum absolute atomic E-state index is 0.432. The van der Waals surface area contributed by atoms with Crippen molar-refractivity contribution in [2.45, 2.75) is 52.4 Å². The summed E-state index contributed by atoms with van der Waals surface area (Å²) in [5, 5.41) is 0. The summed E-state index contributed by atoms with van der Waals surface area (Å²) in [6, 6.07) is 1.83. The van der Waals surface area contributed by atoms with Gasteiger partial charge in [-0.2, -0.15) is 8.42 Å². The Bertz CT molecular complexity index is 1050. The number of nitrogens with zero attached hydrogens (tertiary/aromatic N) is 2. The molecule has 0 fully saturated rings. The van der Waals surface area contributed by atoms with Crippen LogP contribution in [-0.2, 0) is 9.15 Å². The minimum atomic E-state index is -4.20. The molecule has 0 saturated carbocycles. The number of benzene rings is 1. The number of aryl methyl sites for hydroxylation is 2. The maximum atomic E-state index is 11.3. The Balaban J connectivity index is 2.62. The number of aromatic nitrogens is 2. The Morgan fingerprint density at radius 3 is 2.63 bits per heavy atom. The van der Waals surface area contributed by atoms with Crippen LogP contribution in [0, 0.1) is 13.8 Å². The molecule has 0 radical (unpaired) electrons. The molecule has 0 spiro atoms. The molecule has 6 nitrogen and oxygen atoms in total. The zero-order valence-corrected chi connectivity index (χ0v) is 17.9. The normalized spacial score (nSPS) is 13.8. The molecule has 2 rings (SSSR count). The molecule has 146 valence electrons. The van der Waals surface area contributed by atoms with Crippen LogP contribution in [0.25, 0.3) is 16.6 Å². The van der Waals surface area contributed by atoms with Gasteiger partial charge in [0.05, 0.1) is 11.0 Å². The Morgan fingerprint density at radius 2 is 2.07 bits per heavy atom. The summed E-state index contributed by atoms with van der Waals surface area (Å²) in [6.45, 7) is 13.5. The SMILES string of the molecule is C=C/C(=C(C)\N=C(\C)CCC)c1nc2c(C)c(SS(=O)(=O)O)c(C)cc2[nH]1. The number of nitrogens with one attached hydrogen (secondary N) is 1. The molecule has 0 atom stereocenters. The van der Waals surface area contributed by atoms with Gasteiger partial charge in [-0.1, -0.05) is 26.0 Å². The lowest BCUT2D eigenvalue weighted by atomic mass is 10.1. The lowest BCUT2D eigenvalue weighted by molar-refractivity contribution is 0.503. The number of hydrogen-bond donors (Lipinski definition) is 2. The van der Waals surface area contributed by atoms with Gasteiger partial charge in [0.25, 0.3) is 0 Å². The largest absolute Gasteiger partial charge is 0.338 e. The molecule has 0 amide bonds. The van der Waals surface area contributed by atoms with Crippen LogP contribution in [-0.4, -0.2) is 28.7 Å². The van der Waals surface area contributed by atoms with E-state index in [-0.39, 0.29) is 0 Å². The van der Waals surface area contributed by atoms with Crippen LogP contribution in [0.4, 0.5) is 0 Å². The van der Waals surface area contributed by atoms with Crippen LogP contribution in [0.5, 0.6) is 0 Å². The maximum absolute atomic E-state index is 11.3. The summed E-state index contributed by atoms with van der Waals surface area (Å²) < 4.78 is 31.8. The van der Waals surface area contributed by atoms with Crippen molar-refractivity contribution in [2.24, 2.45) is 4.99 Å². The Labute approximate surface area is 164 Å². The van der Waals surface area contributed by atoms with E-state index in [1.807, 2.05) is 19.9 Å². The van der Waals surface area contributed by atoms with Gasteiger partial charge in [0, 0.05) is 32.7 Å². The molecule has 2 N–H and O–H groups in total. The van der Waals surface area contributed by atoms with Gasteiger partial charge in [-0.25, -0.2) is 4.98 Å². The van der Waals surface area contributed by atoms with Gasteiger partial charge in [-0.15, -0.1) is 0 Å². The third-order valence-electron chi connectivity index (χ3n) is 4.15. The number of imidazole rings is 1. The monoisotopic (exact) mass is 407 g/mol. The zero-order valence-electron chi connectivity index (χ0n) is 16.3. The summed E-state index contributed by atoms with van der Waals surface area (Å²) in [5.74, 6) is 0.627. The van der Waals surface area contributed by atoms with Crippen molar-refractivity contribution in [3.05, 3.63) is 41.4 Å². The predicted octanol–water partition coefficient (Wildman–Crippen LogP) is 5.25. The second kappa shape index (κ2) is 8.41. The third kappa shape index (κ3) is 5.09. The van der Waals surface area contributed by atoms with Gasteiger partial charge < -0.3 is 4.98 Å². The molecule has 1 aromatic heterocycles. The third-order valence-corrected chi connectivity index (χ3v) is 6.29. The number of aliphatic imine (C=N–C) groups is 1. The number of H-pyrrole nitrogens is 1. The first-order chi connectivity index (χ1) is 12.6. The second-order valence-corrected chi connectivity index (χ2v) is 9.63. The molecule has 1 heterocycles. The molecule has 27 heavy (non-hydrogen) atoms. The number of aromatic amines is 1. The van der Waals surface area contributed by atoms with E-state index in [1.165, 1.54) is 0 Å². The van der Waals surface area contributed by atoms with Gasteiger partial charge >= 0.3 is 9.15 Å². The number of rotatable bonds is 7. The Morgan fingerprint density at radius 1 is 1.41 bits per heavy atom. The first-order valence-electron chi connectivity index (χ1n) is 8.62. The first-order valence-corrected chi connectivity index (χ1v) is 11.4. The summed E-state index contributed by atoms with van der Waals surface area (Å²) in [7, 11) is -3.77. The highest BCUT2D eigenvalue weighted by atomic mass is 33.1. The van der Waals surface area contributed by atoms with Gasteiger partial charge in [0.1, 0.15) is 5.82 Å². The van der Waals surface area contributed by atoms with Crippen molar-refractivity contribution < 1.29 is 13.0 Å². The quantitative estimate of drug-likeness (QED) is 0.283. The highest BCUT2D eigenvalue weighted by Gasteiger charge is 2.18. The highest BCUT2D eigenvalue weighted by Crippen LogP contribution is 2.35. The fourth-order valence-corrected chi connectivity index (χ4v) is 5.03. The summed E-state index contributed by atoms with van der Waals surface area (Å²) >= 11 is 0. The second-order valence-electron chi connectivity index (χ2n) is 6.44. The molecule has 0 aliphatic heterocycles. The standard InChI is InChI=1S/C19H25N3O3S2/c1-7-9-12(4)20-14(6)15(8-2)19-21-16-10-11(3)18(26-27(23,24)25)13(5)17(16)22-19/h8,10H,2,7,9H2,1,3-6H3,(H,21,22)(H,23,24,25)/b15-14+,20-12-. The topological polar surface area (TPSA) is 95.4 Å². The maximum Gasteiger partial charge on any atom is 0.324 e. The van der Waals surface area contributed by atoms with Crippen molar-refractivity contribution in [3.8, 4) is 0 Å². The summed E-state index contributed by atoms with van der Waals surface area (Å²) in [4.78, 5) is 13.0. The van der Waals surface area contributed by atoms with E-state index in [9.17, 15) is 13.0 Å². The van der Waals surface area contributed by atoms with Gasteiger partial charge in [-0.05, 0) is 51.3 Å². The van der Waals surface area contributed by atoms with E-state index in [2.05, 4.69) is 28.5 Å². The minimum Gasteiger partial charge on any atom is -0.338 e. The molecule has 8 heteroatoms. The summed E-state index contributed by atoms with van der Waals surface area (Å²) in [5.41, 5.74) is 5.55. The number of fused-ring (bicyclic) bond motifs is 1. The van der Waals surface area contributed by atoms with Crippen LogP contribution in [0.2, 0.25) is 0 Å². The lowest BCUT2D eigenvalue weighted by Gasteiger charge is -2.07. The number of hydrogen-bond acceptors (Lipinski definition) is 5. The predicted molar refractivity (Wildman–Crippen MR) is 114 cm³/mol. The van der Waals surface area contributed by atoms with Gasteiger partial charge in [0.15, 0.2) is 0 Å². The van der Waals surface area contributed by atoms with E-state index in [0.717, 1.165) is 40.9 Å². The van der Waals surface area contributed by atoms with Gasteiger partial charge in [0.2, 0.25) is 0 Å². The molecular formula is C19H25N3O3S2. The summed E-state index contributed by atoms with van der Waals surface area (Å²) in [6.07, 6.45) is 3.67. The van der Waals surface area contributed by atoms with E-state index >= 15 is 0 Å². The van der Waals surface area contributed by atoms with Crippen molar-refractivity contribution in [2.75, 3.05) is 0 Å². The lowest BCUT2D eigenvalue weighted by Crippen LogP contribution is -1.94. The smallest absolute Gasteiger partial charge is 0.324 e. The molecule has 1 aromatic carbocycles.